The zero-order valence-electron chi connectivity index (χ0n) is 9.27. The van der Waals surface area contributed by atoms with Crippen LogP contribution in [0.5, 0.6) is 0 Å². The van der Waals surface area contributed by atoms with Gasteiger partial charge >= 0.3 is 0 Å². The summed E-state index contributed by atoms with van der Waals surface area (Å²) in [5, 5.41) is 7.08. The minimum atomic E-state index is 0.538. The normalized spacial score (nSPS) is 20.2. The van der Waals surface area contributed by atoms with Crippen LogP contribution in [0.3, 0.4) is 0 Å². The minimum absolute atomic E-state index is 0.538. The monoisotopic (exact) mass is 210 g/mol. The molecule has 2 nitrogen and oxygen atoms in total. The van der Waals surface area contributed by atoms with Gasteiger partial charge in [0, 0.05) is 22.3 Å². The number of nitrogens with one attached hydrogen (secondary N) is 2. The first-order chi connectivity index (χ1) is 6.59. The molecular weight excluding hydrogens is 192 g/mol. The van der Waals surface area contributed by atoms with Crippen LogP contribution in [0.4, 0.5) is 11.4 Å². The lowest BCUT2D eigenvalue weighted by atomic mass is 10.1. The molecule has 0 spiro atoms. The number of anilines is 2. The maximum absolute atomic E-state index is 3.55. The number of aryl methyl sites for hydroxylation is 1. The van der Waals surface area contributed by atoms with E-state index in [1.807, 2.05) is 11.3 Å². The number of hydrogen-bond acceptors (Lipinski definition) is 3. The van der Waals surface area contributed by atoms with Crippen LogP contribution in [0.25, 0.3) is 0 Å². The third-order valence-corrected chi connectivity index (χ3v) is 4.02. The summed E-state index contributed by atoms with van der Waals surface area (Å²) < 4.78 is 0. The number of thiophene rings is 1. The van der Waals surface area contributed by atoms with Crippen molar-refractivity contribution in [2.24, 2.45) is 0 Å². The molecule has 0 saturated carbocycles. The van der Waals surface area contributed by atoms with Gasteiger partial charge in [-0.3, -0.25) is 0 Å². The molecule has 78 valence electrons. The van der Waals surface area contributed by atoms with E-state index in [1.54, 1.807) is 0 Å². The van der Waals surface area contributed by atoms with Crippen molar-refractivity contribution < 1.29 is 0 Å². The molecule has 0 amide bonds. The Labute approximate surface area is 89.7 Å². The van der Waals surface area contributed by atoms with E-state index in [0.717, 1.165) is 6.54 Å². The van der Waals surface area contributed by atoms with Crippen LogP contribution >= 0.6 is 11.3 Å². The average Bonchev–Trinajstić information content (AvgIpc) is 2.44. The molecule has 0 bridgehead atoms. The number of hydrogen-bond donors (Lipinski definition) is 2. The number of fused-ring (bicyclic) bond motifs is 1. The fraction of sp³-hybridized carbons (Fsp3) is 0.636. The maximum Gasteiger partial charge on any atom is 0.0723 e. The van der Waals surface area contributed by atoms with E-state index in [-0.39, 0.29) is 0 Å². The maximum atomic E-state index is 3.55. The largest absolute Gasteiger partial charge is 0.380 e. The van der Waals surface area contributed by atoms with Crippen LogP contribution < -0.4 is 10.6 Å². The van der Waals surface area contributed by atoms with Crippen LogP contribution in [-0.4, -0.2) is 12.6 Å². The van der Waals surface area contributed by atoms with E-state index in [1.165, 1.54) is 21.1 Å². The van der Waals surface area contributed by atoms with Crippen molar-refractivity contribution in [1.82, 2.24) is 0 Å². The first kappa shape index (κ1) is 9.84. The quantitative estimate of drug-likeness (QED) is 0.742. The Hall–Kier alpha value is -0.700. The van der Waals surface area contributed by atoms with Crippen molar-refractivity contribution in [2.45, 2.75) is 39.7 Å². The molecule has 1 aromatic rings. The van der Waals surface area contributed by atoms with Gasteiger partial charge in [-0.15, -0.1) is 11.3 Å². The average molecular weight is 210 g/mol. The fourth-order valence-corrected chi connectivity index (χ4v) is 2.98. The smallest absolute Gasteiger partial charge is 0.0723 e. The van der Waals surface area contributed by atoms with E-state index >= 15 is 0 Å². The van der Waals surface area contributed by atoms with E-state index in [2.05, 4.69) is 38.3 Å². The summed E-state index contributed by atoms with van der Waals surface area (Å²) >= 11 is 1.92. The van der Waals surface area contributed by atoms with Gasteiger partial charge in [0.15, 0.2) is 0 Å². The van der Waals surface area contributed by atoms with Gasteiger partial charge in [0.25, 0.3) is 0 Å². The Balaban J connectivity index is 2.44. The van der Waals surface area contributed by atoms with Crippen molar-refractivity contribution in [2.75, 3.05) is 17.2 Å². The molecule has 0 aliphatic carbocycles. The molecule has 1 aliphatic rings. The fourth-order valence-electron chi connectivity index (χ4n) is 1.87. The van der Waals surface area contributed by atoms with E-state index in [4.69, 9.17) is 0 Å². The molecular formula is C11H18N2S. The molecule has 1 aromatic heterocycles. The van der Waals surface area contributed by atoms with Crippen molar-refractivity contribution in [3.8, 4) is 0 Å². The van der Waals surface area contributed by atoms with Gasteiger partial charge in [-0.2, -0.15) is 0 Å². The summed E-state index contributed by atoms with van der Waals surface area (Å²) in [5.74, 6) is 0.616. The van der Waals surface area contributed by atoms with Crippen molar-refractivity contribution in [3.63, 3.8) is 0 Å². The van der Waals surface area contributed by atoms with Crippen LogP contribution in [0.2, 0.25) is 0 Å². The molecule has 2 heterocycles. The molecule has 0 saturated heterocycles. The van der Waals surface area contributed by atoms with Gasteiger partial charge < -0.3 is 10.6 Å². The standard InChI is InChI=1S/C11H18N2S/c1-6(2)11-10-9(8(4)14-11)13-7(3)5-12-10/h6-7,12-13H,5H2,1-4H3. The van der Waals surface area contributed by atoms with Gasteiger partial charge in [0.2, 0.25) is 0 Å². The van der Waals surface area contributed by atoms with Crippen molar-refractivity contribution in [1.29, 1.82) is 0 Å². The lowest BCUT2D eigenvalue weighted by Crippen LogP contribution is -2.30. The predicted molar refractivity (Wildman–Crippen MR) is 64.7 cm³/mol. The van der Waals surface area contributed by atoms with Crippen LogP contribution in [0.15, 0.2) is 0 Å². The predicted octanol–water partition coefficient (Wildman–Crippen LogP) is 3.41. The zero-order chi connectivity index (χ0) is 10.3. The summed E-state index contributed by atoms with van der Waals surface area (Å²) in [6.07, 6.45) is 0. The summed E-state index contributed by atoms with van der Waals surface area (Å²) in [6, 6.07) is 0.538. The highest BCUT2D eigenvalue weighted by Gasteiger charge is 2.22. The molecule has 1 atom stereocenters. The molecule has 0 radical (unpaired) electrons. The second kappa shape index (κ2) is 3.46. The highest BCUT2D eigenvalue weighted by Crippen LogP contribution is 2.43. The van der Waals surface area contributed by atoms with Crippen LogP contribution in [0, 0.1) is 6.92 Å². The molecule has 3 heteroatoms. The van der Waals surface area contributed by atoms with E-state index in [0.29, 0.717) is 12.0 Å². The van der Waals surface area contributed by atoms with E-state index < -0.39 is 0 Å². The molecule has 0 fully saturated rings. The Kier molecular flexibility index (Phi) is 2.43. The topological polar surface area (TPSA) is 24.1 Å². The Morgan fingerprint density at radius 1 is 1.36 bits per heavy atom. The second-order valence-electron chi connectivity index (χ2n) is 4.35. The lowest BCUT2D eigenvalue weighted by Gasteiger charge is -2.25. The third kappa shape index (κ3) is 1.50. The molecule has 2 N–H and O–H groups in total. The SMILES string of the molecule is Cc1sc(C(C)C)c2c1NC(C)CN2. The summed E-state index contributed by atoms with van der Waals surface area (Å²) in [4.78, 5) is 2.89. The second-order valence-corrected chi connectivity index (χ2v) is 5.61. The van der Waals surface area contributed by atoms with Crippen molar-refractivity contribution in [3.05, 3.63) is 9.75 Å². The van der Waals surface area contributed by atoms with E-state index in [9.17, 15) is 0 Å². The molecule has 2 rings (SSSR count). The highest BCUT2D eigenvalue weighted by molar-refractivity contribution is 7.13. The zero-order valence-corrected chi connectivity index (χ0v) is 10.1. The Morgan fingerprint density at radius 3 is 2.71 bits per heavy atom. The van der Waals surface area contributed by atoms with Gasteiger partial charge in [-0.1, -0.05) is 13.8 Å². The number of rotatable bonds is 1. The van der Waals surface area contributed by atoms with Gasteiger partial charge in [0.1, 0.15) is 0 Å². The van der Waals surface area contributed by atoms with Crippen molar-refractivity contribution >= 4 is 22.7 Å². The molecule has 1 unspecified atom stereocenters. The lowest BCUT2D eigenvalue weighted by molar-refractivity contribution is 0.809. The summed E-state index contributed by atoms with van der Waals surface area (Å²) in [7, 11) is 0. The highest BCUT2D eigenvalue weighted by atomic mass is 32.1. The molecule has 1 aliphatic heterocycles. The van der Waals surface area contributed by atoms with Gasteiger partial charge in [-0.25, -0.2) is 0 Å². The van der Waals surface area contributed by atoms with Crippen LogP contribution in [-0.2, 0) is 0 Å². The summed E-state index contributed by atoms with van der Waals surface area (Å²) in [5.41, 5.74) is 2.68. The minimum Gasteiger partial charge on any atom is -0.380 e. The Morgan fingerprint density at radius 2 is 2.07 bits per heavy atom. The first-order valence-electron chi connectivity index (χ1n) is 5.23. The summed E-state index contributed by atoms with van der Waals surface area (Å²) in [6.45, 7) is 9.95. The third-order valence-electron chi connectivity index (χ3n) is 2.61. The van der Waals surface area contributed by atoms with Gasteiger partial charge in [0.05, 0.1) is 11.4 Å². The van der Waals surface area contributed by atoms with Crippen LogP contribution in [0.1, 0.15) is 36.4 Å². The Bertz CT molecular complexity index is 341. The molecule has 0 aromatic carbocycles. The van der Waals surface area contributed by atoms with Gasteiger partial charge in [-0.05, 0) is 19.8 Å². The molecule has 14 heavy (non-hydrogen) atoms. The first-order valence-corrected chi connectivity index (χ1v) is 6.05.